The molecule has 1 saturated heterocycles. The van der Waals surface area contributed by atoms with Gasteiger partial charge in [-0.15, -0.1) is 0 Å². The van der Waals surface area contributed by atoms with Crippen LogP contribution in [-0.2, 0) is 13.0 Å². The Balaban J connectivity index is 1.91. The summed E-state index contributed by atoms with van der Waals surface area (Å²) in [5, 5.41) is 0. The van der Waals surface area contributed by atoms with Gasteiger partial charge in [0.2, 0.25) is 0 Å². The summed E-state index contributed by atoms with van der Waals surface area (Å²) >= 11 is 0. The SMILES string of the molecule is CC1CCN(CCc2ccccc2CN)C(C)C1. The number of hydrogen-bond acceptors (Lipinski definition) is 2. The van der Waals surface area contributed by atoms with Gasteiger partial charge >= 0.3 is 0 Å². The quantitative estimate of drug-likeness (QED) is 0.885. The number of benzene rings is 1. The van der Waals surface area contributed by atoms with Crippen molar-refractivity contribution in [3.63, 3.8) is 0 Å². The van der Waals surface area contributed by atoms with E-state index in [0.29, 0.717) is 6.54 Å². The molecule has 1 fully saturated rings. The van der Waals surface area contributed by atoms with Crippen LogP contribution < -0.4 is 5.73 Å². The zero-order valence-corrected chi connectivity index (χ0v) is 11.7. The molecule has 0 saturated carbocycles. The van der Waals surface area contributed by atoms with Crippen LogP contribution in [0, 0.1) is 5.92 Å². The van der Waals surface area contributed by atoms with Crippen molar-refractivity contribution in [3.8, 4) is 0 Å². The zero-order valence-electron chi connectivity index (χ0n) is 11.7. The van der Waals surface area contributed by atoms with Crippen molar-refractivity contribution >= 4 is 0 Å². The summed E-state index contributed by atoms with van der Waals surface area (Å²) in [6, 6.07) is 9.31. The average molecular weight is 246 g/mol. The molecule has 2 nitrogen and oxygen atoms in total. The van der Waals surface area contributed by atoms with E-state index in [1.165, 1.54) is 37.1 Å². The predicted octanol–water partition coefficient (Wildman–Crippen LogP) is 2.81. The highest BCUT2D eigenvalue weighted by molar-refractivity contribution is 5.27. The summed E-state index contributed by atoms with van der Waals surface area (Å²) in [4.78, 5) is 2.63. The van der Waals surface area contributed by atoms with Crippen molar-refractivity contribution in [2.75, 3.05) is 13.1 Å². The second-order valence-corrected chi connectivity index (χ2v) is 5.74. The van der Waals surface area contributed by atoms with Crippen molar-refractivity contribution in [2.45, 2.75) is 45.7 Å². The third-order valence-corrected chi connectivity index (χ3v) is 4.28. The first-order valence-corrected chi connectivity index (χ1v) is 7.21. The highest BCUT2D eigenvalue weighted by Crippen LogP contribution is 2.22. The maximum absolute atomic E-state index is 5.79. The molecule has 2 heteroatoms. The molecule has 2 rings (SSSR count). The lowest BCUT2D eigenvalue weighted by Crippen LogP contribution is -2.41. The van der Waals surface area contributed by atoms with E-state index in [-0.39, 0.29) is 0 Å². The van der Waals surface area contributed by atoms with E-state index in [0.717, 1.165) is 18.4 Å². The summed E-state index contributed by atoms with van der Waals surface area (Å²) in [7, 11) is 0. The molecule has 18 heavy (non-hydrogen) atoms. The van der Waals surface area contributed by atoms with Gasteiger partial charge in [-0.2, -0.15) is 0 Å². The van der Waals surface area contributed by atoms with Gasteiger partial charge in [-0.25, -0.2) is 0 Å². The number of nitrogens with zero attached hydrogens (tertiary/aromatic N) is 1. The van der Waals surface area contributed by atoms with Crippen molar-refractivity contribution < 1.29 is 0 Å². The van der Waals surface area contributed by atoms with Crippen LogP contribution >= 0.6 is 0 Å². The molecule has 0 amide bonds. The van der Waals surface area contributed by atoms with Crippen LogP contribution in [-0.4, -0.2) is 24.0 Å². The Morgan fingerprint density at radius 2 is 1.94 bits per heavy atom. The molecule has 1 aromatic rings. The lowest BCUT2D eigenvalue weighted by molar-refractivity contribution is 0.131. The van der Waals surface area contributed by atoms with E-state index in [4.69, 9.17) is 5.73 Å². The topological polar surface area (TPSA) is 29.3 Å². The Morgan fingerprint density at radius 1 is 1.22 bits per heavy atom. The largest absolute Gasteiger partial charge is 0.326 e. The van der Waals surface area contributed by atoms with Crippen molar-refractivity contribution in [1.82, 2.24) is 4.90 Å². The molecule has 2 atom stereocenters. The number of piperidine rings is 1. The fraction of sp³-hybridized carbons (Fsp3) is 0.625. The number of hydrogen-bond donors (Lipinski definition) is 1. The van der Waals surface area contributed by atoms with Gasteiger partial charge in [0, 0.05) is 19.1 Å². The Bertz CT molecular complexity index is 375. The third-order valence-electron chi connectivity index (χ3n) is 4.28. The van der Waals surface area contributed by atoms with Gasteiger partial charge in [-0.05, 0) is 49.8 Å². The molecular weight excluding hydrogens is 220 g/mol. The van der Waals surface area contributed by atoms with Gasteiger partial charge < -0.3 is 10.6 Å². The van der Waals surface area contributed by atoms with Gasteiger partial charge in [0.1, 0.15) is 0 Å². The third kappa shape index (κ3) is 3.33. The molecule has 0 radical (unpaired) electrons. The summed E-state index contributed by atoms with van der Waals surface area (Å²) in [6.07, 6.45) is 3.83. The second kappa shape index (κ2) is 6.35. The molecule has 0 spiro atoms. The molecular formula is C16H26N2. The molecule has 1 aliphatic heterocycles. The van der Waals surface area contributed by atoms with Crippen LogP contribution in [0.2, 0.25) is 0 Å². The first-order valence-electron chi connectivity index (χ1n) is 7.21. The summed E-state index contributed by atoms with van der Waals surface area (Å²) in [5.41, 5.74) is 8.51. The highest BCUT2D eigenvalue weighted by atomic mass is 15.2. The standard InChI is InChI=1S/C16H26N2/c1-13-7-9-18(14(2)11-13)10-8-15-5-3-4-6-16(15)12-17/h3-6,13-14H,7-12,17H2,1-2H3. The molecule has 2 unspecified atom stereocenters. The van der Waals surface area contributed by atoms with Crippen LogP contribution in [0.1, 0.15) is 37.8 Å². The van der Waals surface area contributed by atoms with Crippen LogP contribution in [0.4, 0.5) is 0 Å². The van der Waals surface area contributed by atoms with E-state index in [9.17, 15) is 0 Å². The second-order valence-electron chi connectivity index (χ2n) is 5.74. The summed E-state index contributed by atoms with van der Waals surface area (Å²) in [6.45, 7) is 7.82. The van der Waals surface area contributed by atoms with E-state index in [1.807, 2.05) is 0 Å². The van der Waals surface area contributed by atoms with Crippen LogP contribution in [0.5, 0.6) is 0 Å². The fourth-order valence-corrected chi connectivity index (χ4v) is 3.05. The van der Waals surface area contributed by atoms with Crippen LogP contribution in [0.25, 0.3) is 0 Å². The van der Waals surface area contributed by atoms with Gasteiger partial charge in [-0.1, -0.05) is 31.2 Å². The lowest BCUT2D eigenvalue weighted by Gasteiger charge is -2.36. The van der Waals surface area contributed by atoms with Gasteiger partial charge in [0.25, 0.3) is 0 Å². The Morgan fingerprint density at radius 3 is 2.61 bits per heavy atom. The van der Waals surface area contributed by atoms with Crippen LogP contribution in [0.3, 0.4) is 0 Å². The normalized spacial score (nSPS) is 25.3. The minimum Gasteiger partial charge on any atom is -0.326 e. The minimum atomic E-state index is 0.656. The van der Waals surface area contributed by atoms with Gasteiger partial charge in [-0.3, -0.25) is 0 Å². The molecule has 0 aliphatic carbocycles. The zero-order chi connectivity index (χ0) is 13.0. The molecule has 1 aromatic carbocycles. The average Bonchev–Trinajstić information content (AvgIpc) is 2.38. The molecule has 0 aromatic heterocycles. The number of likely N-dealkylation sites (tertiary alicyclic amines) is 1. The Kier molecular flexibility index (Phi) is 4.79. The van der Waals surface area contributed by atoms with Gasteiger partial charge in [0.15, 0.2) is 0 Å². The van der Waals surface area contributed by atoms with Crippen molar-refractivity contribution in [3.05, 3.63) is 35.4 Å². The molecule has 100 valence electrons. The van der Waals surface area contributed by atoms with E-state index in [2.05, 4.69) is 43.0 Å². The van der Waals surface area contributed by atoms with E-state index in [1.54, 1.807) is 0 Å². The molecule has 1 heterocycles. The molecule has 1 aliphatic rings. The maximum atomic E-state index is 5.79. The minimum absolute atomic E-state index is 0.656. The summed E-state index contributed by atoms with van der Waals surface area (Å²) in [5.74, 6) is 0.896. The maximum Gasteiger partial charge on any atom is 0.0180 e. The van der Waals surface area contributed by atoms with Gasteiger partial charge in [0.05, 0.1) is 0 Å². The van der Waals surface area contributed by atoms with Crippen molar-refractivity contribution in [1.29, 1.82) is 0 Å². The lowest BCUT2D eigenvalue weighted by atomic mass is 9.93. The molecule has 2 N–H and O–H groups in total. The Labute approximate surface area is 111 Å². The van der Waals surface area contributed by atoms with Crippen molar-refractivity contribution in [2.24, 2.45) is 11.7 Å². The highest BCUT2D eigenvalue weighted by Gasteiger charge is 2.22. The van der Waals surface area contributed by atoms with E-state index >= 15 is 0 Å². The number of nitrogens with two attached hydrogens (primary N) is 1. The Hall–Kier alpha value is -0.860. The monoisotopic (exact) mass is 246 g/mol. The fourth-order valence-electron chi connectivity index (χ4n) is 3.05. The number of rotatable bonds is 4. The smallest absolute Gasteiger partial charge is 0.0180 e. The molecule has 0 bridgehead atoms. The summed E-state index contributed by atoms with van der Waals surface area (Å²) < 4.78 is 0. The first-order chi connectivity index (χ1) is 8.70. The predicted molar refractivity (Wildman–Crippen MR) is 77.5 cm³/mol. The van der Waals surface area contributed by atoms with E-state index < -0.39 is 0 Å². The first kappa shape index (κ1) is 13.6. The van der Waals surface area contributed by atoms with Crippen LogP contribution in [0.15, 0.2) is 24.3 Å².